The van der Waals surface area contributed by atoms with Gasteiger partial charge in [0, 0.05) is 31.3 Å². The maximum atomic E-state index is 13.8. The lowest BCUT2D eigenvalue weighted by molar-refractivity contribution is -0.0540. The predicted molar refractivity (Wildman–Crippen MR) is 115 cm³/mol. The summed E-state index contributed by atoms with van der Waals surface area (Å²) in [6, 6.07) is 2.71. The van der Waals surface area contributed by atoms with E-state index in [1.807, 2.05) is 19.9 Å². The molecule has 2 bridgehead atoms. The average molecular weight is 401 g/mol. The standard InChI is InChI=1S/C23H33FN4O/c1-15(10-17(26-5)6-8-23(3,4)24)11-18(14-25)27-16(2)28-9-7-22-20-12-19(29-22)13-21(20)28/h10-11,19-22H,6-9,12-13H2,1-5H3/b15-10+,18-11-,26-17-,27-16+. The van der Waals surface area contributed by atoms with Gasteiger partial charge in [0.15, 0.2) is 0 Å². The summed E-state index contributed by atoms with van der Waals surface area (Å²) in [5.41, 5.74) is 0.887. The Labute approximate surface area is 174 Å². The molecule has 0 amide bonds. The van der Waals surface area contributed by atoms with Crippen LogP contribution in [0.25, 0.3) is 0 Å². The Kier molecular flexibility index (Phi) is 6.58. The van der Waals surface area contributed by atoms with Gasteiger partial charge in [0.1, 0.15) is 23.3 Å². The molecule has 2 saturated heterocycles. The minimum absolute atomic E-state index is 0.388. The van der Waals surface area contributed by atoms with Crippen LogP contribution in [0.2, 0.25) is 0 Å². The number of nitrogens with zero attached hydrogens (tertiary/aromatic N) is 4. The highest BCUT2D eigenvalue weighted by molar-refractivity contribution is 5.95. The third-order valence-electron chi connectivity index (χ3n) is 6.27. The Morgan fingerprint density at radius 2 is 2.07 bits per heavy atom. The fourth-order valence-corrected chi connectivity index (χ4v) is 4.86. The topological polar surface area (TPSA) is 61.0 Å². The summed E-state index contributed by atoms with van der Waals surface area (Å²) < 4.78 is 19.8. The zero-order valence-corrected chi connectivity index (χ0v) is 18.3. The van der Waals surface area contributed by atoms with E-state index in [0.29, 0.717) is 42.7 Å². The fraction of sp³-hybridized carbons (Fsp3) is 0.696. The summed E-state index contributed by atoms with van der Waals surface area (Å²) in [6.07, 6.45) is 8.77. The lowest BCUT2D eigenvalue weighted by atomic mass is 9.89. The van der Waals surface area contributed by atoms with Crippen molar-refractivity contribution in [2.45, 2.75) is 83.7 Å². The molecule has 29 heavy (non-hydrogen) atoms. The number of amidine groups is 1. The average Bonchev–Trinajstić information content (AvgIpc) is 3.25. The molecule has 0 radical (unpaired) electrons. The second-order valence-corrected chi connectivity index (χ2v) is 9.10. The number of ether oxygens (including phenoxy) is 1. The van der Waals surface area contributed by atoms with Gasteiger partial charge in [-0.05, 0) is 77.5 Å². The van der Waals surface area contributed by atoms with Crippen LogP contribution in [0.1, 0.15) is 59.8 Å². The molecule has 4 atom stereocenters. The van der Waals surface area contributed by atoms with Gasteiger partial charge in [-0.25, -0.2) is 9.38 Å². The van der Waals surface area contributed by atoms with Crippen LogP contribution in [0.4, 0.5) is 4.39 Å². The Hall–Kier alpha value is -2.00. The van der Waals surface area contributed by atoms with E-state index in [-0.39, 0.29) is 0 Å². The molecule has 1 aliphatic carbocycles. The summed E-state index contributed by atoms with van der Waals surface area (Å²) in [6.45, 7) is 8.01. The molecule has 3 rings (SSSR count). The first kappa shape index (κ1) is 21.7. The molecule has 4 unspecified atom stereocenters. The van der Waals surface area contributed by atoms with Crippen LogP contribution in [-0.4, -0.2) is 54.0 Å². The molecule has 5 nitrogen and oxygen atoms in total. The second-order valence-electron chi connectivity index (χ2n) is 9.10. The van der Waals surface area contributed by atoms with Crippen LogP contribution in [0.5, 0.6) is 0 Å². The molecule has 6 heteroatoms. The van der Waals surface area contributed by atoms with Crippen molar-refractivity contribution in [2.24, 2.45) is 15.9 Å². The summed E-state index contributed by atoms with van der Waals surface area (Å²) in [7, 11) is 1.71. The lowest BCUT2D eigenvalue weighted by Gasteiger charge is -2.44. The molecule has 0 aromatic carbocycles. The quantitative estimate of drug-likeness (QED) is 0.283. The lowest BCUT2D eigenvalue weighted by Crippen LogP contribution is -2.52. The van der Waals surface area contributed by atoms with Gasteiger partial charge in [-0.15, -0.1) is 0 Å². The maximum Gasteiger partial charge on any atom is 0.142 e. The predicted octanol–water partition coefficient (Wildman–Crippen LogP) is 4.61. The first-order chi connectivity index (χ1) is 13.7. The van der Waals surface area contributed by atoms with Crippen molar-refractivity contribution in [1.29, 1.82) is 5.26 Å². The molecule has 3 aliphatic rings. The second kappa shape index (κ2) is 8.79. The molecule has 0 aromatic heterocycles. The van der Waals surface area contributed by atoms with Crippen LogP contribution < -0.4 is 0 Å². The molecule has 158 valence electrons. The maximum absolute atomic E-state index is 13.8. The minimum atomic E-state index is -1.22. The first-order valence-electron chi connectivity index (χ1n) is 10.6. The third-order valence-corrected chi connectivity index (χ3v) is 6.27. The largest absolute Gasteiger partial charge is 0.374 e. The third kappa shape index (κ3) is 5.33. The van der Waals surface area contributed by atoms with E-state index in [1.165, 1.54) is 0 Å². The van der Waals surface area contributed by atoms with E-state index in [9.17, 15) is 9.65 Å². The highest BCUT2D eigenvalue weighted by Crippen LogP contribution is 2.46. The van der Waals surface area contributed by atoms with E-state index >= 15 is 0 Å². The summed E-state index contributed by atoms with van der Waals surface area (Å²) in [5, 5.41) is 9.59. The number of alkyl halides is 1. The zero-order valence-electron chi connectivity index (χ0n) is 18.3. The molecule has 2 aliphatic heterocycles. The number of nitriles is 1. The SMILES string of the molecule is C\N=C(/C=C(C)/C=C(C#N)\N=C(/C)N1CCC2OC3CC2C1C3)CCC(C)(C)F. The summed E-state index contributed by atoms with van der Waals surface area (Å²) in [4.78, 5) is 11.3. The van der Waals surface area contributed by atoms with Crippen molar-refractivity contribution in [1.82, 2.24) is 4.90 Å². The molecule has 0 N–H and O–H groups in total. The number of hydrogen-bond acceptors (Lipinski definition) is 4. The van der Waals surface area contributed by atoms with E-state index in [0.717, 1.165) is 42.9 Å². The molecule has 0 aromatic rings. The minimum Gasteiger partial charge on any atom is -0.374 e. The summed E-state index contributed by atoms with van der Waals surface area (Å²) >= 11 is 0. The number of hydrogen-bond donors (Lipinski definition) is 0. The van der Waals surface area contributed by atoms with Gasteiger partial charge in [-0.3, -0.25) is 4.99 Å². The highest BCUT2D eigenvalue weighted by Gasteiger charge is 2.52. The monoisotopic (exact) mass is 400 g/mol. The number of allylic oxidation sites excluding steroid dienone is 4. The van der Waals surface area contributed by atoms with Gasteiger partial charge in [-0.2, -0.15) is 5.26 Å². The molecule has 3 fully saturated rings. The number of rotatable bonds is 6. The van der Waals surface area contributed by atoms with Gasteiger partial charge < -0.3 is 9.64 Å². The Morgan fingerprint density at radius 1 is 1.31 bits per heavy atom. The molecule has 0 spiro atoms. The van der Waals surface area contributed by atoms with E-state index in [1.54, 1.807) is 27.0 Å². The van der Waals surface area contributed by atoms with Crippen LogP contribution in [-0.2, 0) is 4.74 Å². The molecule has 1 saturated carbocycles. The van der Waals surface area contributed by atoms with Crippen molar-refractivity contribution in [2.75, 3.05) is 13.6 Å². The van der Waals surface area contributed by atoms with Gasteiger partial charge in [0.25, 0.3) is 0 Å². The van der Waals surface area contributed by atoms with Gasteiger partial charge in [-0.1, -0.05) is 0 Å². The van der Waals surface area contributed by atoms with Crippen LogP contribution in [0.15, 0.2) is 33.4 Å². The van der Waals surface area contributed by atoms with Gasteiger partial charge >= 0.3 is 0 Å². The number of fused-ring (bicyclic) bond motifs is 1. The molecular weight excluding hydrogens is 367 g/mol. The number of aliphatic imine (C=N–C) groups is 2. The van der Waals surface area contributed by atoms with Crippen molar-refractivity contribution < 1.29 is 9.13 Å². The smallest absolute Gasteiger partial charge is 0.142 e. The summed E-state index contributed by atoms with van der Waals surface area (Å²) in [5.74, 6) is 1.52. The molecule has 2 heterocycles. The van der Waals surface area contributed by atoms with Crippen LogP contribution in [0.3, 0.4) is 0 Å². The van der Waals surface area contributed by atoms with Crippen LogP contribution in [0, 0.1) is 17.2 Å². The van der Waals surface area contributed by atoms with Crippen molar-refractivity contribution in [3.63, 3.8) is 0 Å². The van der Waals surface area contributed by atoms with Gasteiger partial charge in [0.2, 0.25) is 0 Å². The normalized spacial score (nSPS) is 30.7. The van der Waals surface area contributed by atoms with Crippen molar-refractivity contribution in [3.05, 3.63) is 23.4 Å². The molecular formula is C23H33FN4O. The fourth-order valence-electron chi connectivity index (χ4n) is 4.86. The van der Waals surface area contributed by atoms with Crippen LogP contribution >= 0.6 is 0 Å². The van der Waals surface area contributed by atoms with Crippen molar-refractivity contribution in [3.8, 4) is 6.07 Å². The van der Waals surface area contributed by atoms with Gasteiger partial charge in [0.05, 0.1) is 12.2 Å². The Morgan fingerprint density at radius 3 is 2.69 bits per heavy atom. The number of likely N-dealkylation sites (tertiary alicyclic amines) is 1. The van der Waals surface area contributed by atoms with E-state index in [4.69, 9.17) is 4.74 Å². The Bertz CT molecular complexity index is 784. The number of halogens is 1. The first-order valence-corrected chi connectivity index (χ1v) is 10.6. The highest BCUT2D eigenvalue weighted by atomic mass is 19.1. The zero-order chi connectivity index (χ0) is 21.2. The van der Waals surface area contributed by atoms with E-state index < -0.39 is 5.67 Å². The van der Waals surface area contributed by atoms with Crippen molar-refractivity contribution >= 4 is 11.5 Å². The number of piperidine rings is 1. The van der Waals surface area contributed by atoms with E-state index in [2.05, 4.69) is 21.0 Å². The Balaban J connectivity index is 1.69.